The number of aryl methyl sites for hydroxylation is 2. The molecule has 3 rings (SSSR count). The van der Waals surface area contributed by atoms with Crippen molar-refractivity contribution in [2.45, 2.75) is 13.8 Å². The van der Waals surface area contributed by atoms with Crippen molar-refractivity contribution >= 4 is 0 Å². The summed E-state index contributed by atoms with van der Waals surface area (Å²) in [7, 11) is 0. The van der Waals surface area contributed by atoms with E-state index in [0.717, 1.165) is 11.1 Å². The Morgan fingerprint density at radius 1 is 0.600 bits per heavy atom. The molecule has 0 aromatic carbocycles. The summed E-state index contributed by atoms with van der Waals surface area (Å²) in [6, 6.07) is 7.58. The molecule has 0 spiro atoms. The van der Waals surface area contributed by atoms with Crippen molar-refractivity contribution in [1.82, 2.24) is 30.4 Å². The van der Waals surface area contributed by atoms with Gasteiger partial charge in [0.15, 0.2) is 0 Å². The first kappa shape index (κ1) is 12.3. The Labute approximate surface area is 116 Å². The molecule has 0 N–H and O–H groups in total. The predicted molar refractivity (Wildman–Crippen MR) is 73.6 cm³/mol. The van der Waals surface area contributed by atoms with E-state index in [2.05, 4.69) is 30.4 Å². The van der Waals surface area contributed by atoms with Gasteiger partial charge in [0.05, 0.1) is 0 Å². The van der Waals surface area contributed by atoms with Crippen molar-refractivity contribution in [3.8, 4) is 23.0 Å². The van der Waals surface area contributed by atoms with Gasteiger partial charge in [-0.3, -0.25) is 9.97 Å². The lowest BCUT2D eigenvalue weighted by Gasteiger charge is -2.00. The topological polar surface area (TPSA) is 77.3 Å². The van der Waals surface area contributed by atoms with E-state index >= 15 is 0 Å². The molecule has 6 nitrogen and oxygen atoms in total. The zero-order chi connectivity index (χ0) is 13.9. The molecule has 0 unspecified atom stereocenters. The maximum Gasteiger partial charge on any atom is 0.221 e. The second kappa shape index (κ2) is 5.08. The van der Waals surface area contributed by atoms with E-state index in [1.807, 2.05) is 38.1 Å². The van der Waals surface area contributed by atoms with E-state index in [1.165, 1.54) is 0 Å². The lowest BCUT2D eigenvalue weighted by atomic mass is 10.2. The molecule has 0 aliphatic heterocycles. The van der Waals surface area contributed by atoms with Crippen molar-refractivity contribution in [1.29, 1.82) is 0 Å². The SMILES string of the molecule is Cc1ccc(-c2nnc(-c3ccc(C)cn3)nn2)nc1. The monoisotopic (exact) mass is 264 g/mol. The molecule has 98 valence electrons. The molecule has 3 aromatic heterocycles. The maximum absolute atomic E-state index is 4.24. The molecule has 0 atom stereocenters. The third-order valence-electron chi connectivity index (χ3n) is 2.76. The second-order valence-corrected chi connectivity index (χ2v) is 4.49. The molecule has 20 heavy (non-hydrogen) atoms. The van der Waals surface area contributed by atoms with Gasteiger partial charge in [0.2, 0.25) is 11.6 Å². The molecule has 0 radical (unpaired) electrons. The Balaban J connectivity index is 1.91. The van der Waals surface area contributed by atoms with E-state index < -0.39 is 0 Å². The molecule has 0 bridgehead atoms. The Morgan fingerprint density at radius 3 is 1.30 bits per heavy atom. The van der Waals surface area contributed by atoms with Crippen LogP contribution in [0.3, 0.4) is 0 Å². The average molecular weight is 264 g/mol. The van der Waals surface area contributed by atoms with Crippen LogP contribution in [0, 0.1) is 13.8 Å². The van der Waals surface area contributed by atoms with E-state index in [0.29, 0.717) is 23.0 Å². The lowest BCUT2D eigenvalue weighted by molar-refractivity contribution is 0.864. The van der Waals surface area contributed by atoms with Crippen LogP contribution in [0.25, 0.3) is 23.0 Å². The normalized spacial score (nSPS) is 10.5. The number of nitrogens with zero attached hydrogens (tertiary/aromatic N) is 6. The fourth-order valence-corrected chi connectivity index (χ4v) is 1.63. The van der Waals surface area contributed by atoms with Gasteiger partial charge in [-0.05, 0) is 37.1 Å². The molecular formula is C14H12N6. The van der Waals surface area contributed by atoms with Gasteiger partial charge in [-0.1, -0.05) is 12.1 Å². The summed E-state index contributed by atoms with van der Waals surface area (Å²) in [5.74, 6) is 0.807. The molecule has 3 heterocycles. The fourth-order valence-electron chi connectivity index (χ4n) is 1.63. The van der Waals surface area contributed by atoms with Crippen molar-refractivity contribution in [3.05, 3.63) is 47.8 Å². The highest BCUT2D eigenvalue weighted by Gasteiger charge is 2.08. The molecule has 0 aliphatic rings. The number of rotatable bonds is 2. The zero-order valence-corrected chi connectivity index (χ0v) is 11.1. The van der Waals surface area contributed by atoms with Crippen LogP contribution in [0.5, 0.6) is 0 Å². The van der Waals surface area contributed by atoms with Crippen LogP contribution in [0.15, 0.2) is 36.7 Å². The summed E-state index contributed by atoms with van der Waals surface area (Å²) < 4.78 is 0. The highest BCUT2D eigenvalue weighted by atomic mass is 15.3. The summed E-state index contributed by atoms with van der Waals surface area (Å²) in [6.45, 7) is 3.95. The fraction of sp³-hybridized carbons (Fsp3) is 0.143. The summed E-state index contributed by atoms with van der Waals surface area (Å²) in [4.78, 5) is 8.48. The van der Waals surface area contributed by atoms with Crippen LogP contribution < -0.4 is 0 Å². The second-order valence-electron chi connectivity index (χ2n) is 4.49. The molecule has 0 aliphatic carbocycles. The predicted octanol–water partition coefficient (Wildman–Crippen LogP) is 2.01. The number of hydrogen-bond acceptors (Lipinski definition) is 6. The van der Waals surface area contributed by atoms with Crippen molar-refractivity contribution in [3.63, 3.8) is 0 Å². The summed E-state index contributed by atoms with van der Waals surface area (Å²) >= 11 is 0. The first-order chi connectivity index (χ1) is 9.72. The first-order valence-electron chi connectivity index (χ1n) is 6.16. The number of hydrogen-bond donors (Lipinski definition) is 0. The largest absolute Gasteiger partial charge is 0.252 e. The van der Waals surface area contributed by atoms with Crippen LogP contribution in [0.2, 0.25) is 0 Å². The van der Waals surface area contributed by atoms with Crippen molar-refractivity contribution < 1.29 is 0 Å². The highest BCUT2D eigenvalue weighted by molar-refractivity contribution is 5.50. The summed E-state index contributed by atoms with van der Waals surface area (Å²) in [6.07, 6.45) is 3.52. The average Bonchev–Trinajstić information content (AvgIpc) is 2.49. The number of pyridine rings is 2. The van der Waals surface area contributed by atoms with Gasteiger partial charge < -0.3 is 0 Å². The Hall–Kier alpha value is -2.76. The number of aromatic nitrogens is 6. The van der Waals surface area contributed by atoms with Gasteiger partial charge in [0.1, 0.15) is 11.4 Å². The first-order valence-corrected chi connectivity index (χ1v) is 6.16. The van der Waals surface area contributed by atoms with Gasteiger partial charge in [-0.15, -0.1) is 20.4 Å². The van der Waals surface area contributed by atoms with Gasteiger partial charge in [0.25, 0.3) is 0 Å². The summed E-state index contributed by atoms with van der Waals surface area (Å²) in [5, 5.41) is 16.2. The van der Waals surface area contributed by atoms with Crippen molar-refractivity contribution in [2.24, 2.45) is 0 Å². The molecular weight excluding hydrogens is 252 g/mol. The minimum Gasteiger partial charge on any atom is -0.252 e. The molecule has 3 aromatic rings. The Bertz CT molecular complexity index is 640. The molecule has 6 heteroatoms. The third kappa shape index (κ3) is 2.49. The van der Waals surface area contributed by atoms with Gasteiger partial charge in [-0.2, -0.15) is 0 Å². The Morgan fingerprint density at radius 2 is 1.00 bits per heavy atom. The Kier molecular flexibility index (Phi) is 3.12. The van der Waals surface area contributed by atoms with Crippen LogP contribution >= 0.6 is 0 Å². The van der Waals surface area contributed by atoms with Crippen LogP contribution in [-0.2, 0) is 0 Å². The van der Waals surface area contributed by atoms with E-state index in [9.17, 15) is 0 Å². The smallest absolute Gasteiger partial charge is 0.221 e. The highest BCUT2D eigenvalue weighted by Crippen LogP contribution is 2.13. The van der Waals surface area contributed by atoms with Crippen LogP contribution in [-0.4, -0.2) is 30.4 Å². The van der Waals surface area contributed by atoms with Gasteiger partial charge in [-0.25, -0.2) is 0 Å². The van der Waals surface area contributed by atoms with E-state index in [1.54, 1.807) is 12.4 Å². The third-order valence-corrected chi connectivity index (χ3v) is 2.76. The van der Waals surface area contributed by atoms with Gasteiger partial charge in [0, 0.05) is 12.4 Å². The molecule has 0 amide bonds. The van der Waals surface area contributed by atoms with Crippen LogP contribution in [0.1, 0.15) is 11.1 Å². The van der Waals surface area contributed by atoms with Crippen LogP contribution in [0.4, 0.5) is 0 Å². The lowest BCUT2D eigenvalue weighted by Crippen LogP contribution is -2.01. The van der Waals surface area contributed by atoms with E-state index in [4.69, 9.17) is 0 Å². The molecule has 0 fully saturated rings. The van der Waals surface area contributed by atoms with E-state index in [-0.39, 0.29) is 0 Å². The minimum absolute atomic E-state index is 0.404. The molecule has 0 saturated carbocycles. The van der Waals surface area contributed by atoms with Crippen molar-refractivity contribution in [2.75, 3.05) is 0 Å². The maximum atomic E-state index is 4.24. The molecule has 0 saturated heterocycles. The zero-order valence-electron chi connectivity index (χ0n) is 11.1. The summed E-state index contributed by atoms with van der Waals surface area (Å²) in [5.41, 5.74) is 3.46. The van der Waals surface area contributed by atoms with Gasteiger partial charge >= 0.3 is 0 Å². The minimum atomic E-state index is 0.404. The quantitative estimate of drug-likeness (QED) is 0.704. The standard InChI is InChI=1S/C14H12N6/c1-9-3-5-11(15-7-9)13-17-19-14(20-18-13)12-6-4-10(2)8-16-12/h3-8H,1-2H3.